The van der Waals surface area contributed by atoms with Crippen molar-refractivity contribution in [3.63, 3.8) is 0 Å². The topological polar surface area (TPSA) is 104 Å². The first-order valence-electron chi connectivity index (χ1n) is 12.2. The van der Waals surface area contributed by atoms with E-state index in [1.807, 2.05) is 24.3 Å². The maximum Gasteiger partial charge on any atom is 0.358 e. The van der Waals surface area contributed by atoms with Gasteiger partial charge in [0.15, 0.2) is 5.69 Å². The molecule has 1 fully saturated rings. The van der Waals surface area contributed by atoms with Crippen LogP contribution in [0.5, 0.6) is 5.75 Å². The second-order valence-electron chi connectivity index (χ2n) is 8.85. The number of fused-ring (bicyclic) bond motifs is 1. The summed E-state index contributed by atoms with van der Waals surface area (Å²) in [5.41, 5.74) is 0.844. The van der Waals surface area contributed by atoms with E-state index in [4.69, 9.17) is 9.47 Å². The highest BCUT2D eigenvalue weighted by Crippen LogP contribution is 2.18. The Labute approximate surface area is 204 Å². The van der Waals surface area contributed by atoms with Crippen molar-refractivity contribution in [1.29, 1.82) is 0 Å². The van der Waals surface area contributed by atoms with Crippen LogP contribution in [0.3, 0.4) is 0 Å². The summed E-state index contributed by atoms with van der Waals surface area (Å²) in [5.74, 6) is -0.234. The maximum absolute atomic E-state index is 13.5. The number of ether oxygens (including phenoxy) is 2. The summed E-state index contributed by atoms with van der Waals surface area (Å²) in [6.07, 6.45) is 9.09. The Bertz CT molecular complexity index is 1240. The zero-order chi connectivity index (χ0) is 24.8. The monoisotopic (exact) mass is 480 g/mol. The number of nitrogens with one attached hydrogen (secondary N) is 1. The molecule has 0 atom stereocenters. The van der Waals surface area contributed by atoms with E-state index >= 15 is 0 Å². The van der Waals surface area contributed by atoms with Crippen molar-refractivity contribution in [2.45, 2.75) is 64.5 Å². The zero-order valence-corrected chi connectivity index (χ0v) is 20.3. The fourth-order valence-corrected chi connectivity index (χ4v) is 4.50. The van der Waals surface area contributed by atoms with E-state index in [0.717, 1.165) is 31.2 Å². The molecule has 4 rings (SSSR count). The molecule has 1 aliphatic rings. The Morgan fingerprint density at radius 1 is 1.09 bits per heavy atom. The number of hydrogen-bond acceptors (Lipinski definition) is 6. The minimum Gasteiger partial charge on any atom is -0.497 e. The minimum atomic E-state index is -0.613. The lowest BCUT2D eigenvalue weighted by Crippen LogP contribution is -2.39. The van der Waals surface area contributed by atoms with Crippen molar-refractivity contribution < 1.29 is 19.1 Å². The number of aromatic nitrogens is 3. The van der Waals surface area contributed by atoms with Crippen LogP contribution in [0.4, 0.5) is 0 Å². The Balaban J connectivity index is 1.72. The third-order valence-electron chi connectivity index (χ3n) is 6.39. The Kier molecular flexibility index (Phi) is 7.84. The van der Waals surface area contributed by atoms with Crippen LogP contribution in [0.2, 0.25) is 0 Å². The summed E-state index contributed by atoms with van der Waals surface area (Å²) >= 11 is 0. The summed E-state index contributed by atoms with van der Waals surface area (Å²) in [6, 6.07) is 8.80. The lowest BCUT2D eigenvalue weighted by molar-refractivity contribution is 0.0519. The zero-order valence-electron chi connectivity index (χ0n) is 20.3. The van der Waals surface area contributed by atoms with Gasteiger partial charge < -0.3 is 14.8 Å². The van der Waals surface area contributed by atoms with E-state index in [1.54, 1.807) is 14.0 Å². The van der Waals surface area contributed by atoms with Crippen LogP contribution in [0.25, 0.3) is 5.52 Å². The number of methoxy groups -OCH3 is 1. The van der Waals surface area contributed by atoms with Gasteiger partial charge in [0.05, 0.1) is 26.5 Å². The van der Waals surface area contributed by atoms with Crippen LogP contribution in [0, 0.1) is 0 Å². The molecule has 3 aromatic rings. The summed E-state index contributed by atoms with van der Waals surface area (Å²) in [6.45, 7) is 2.09. The van der Waals surface area contributed by atoms with Crippen LogP contribution < -0.4 is 15.6 Å². The van der Waals surface area contributed by atoms with Crippen LogP contribution in [0.15, 0.2) is 41.3 Å². The van der Waals surface area contributed by atoms with Gasteiger partial charge in [-0.1, -0.05) is 44.2 Å². The average molecular weight is 481 g/mol. The molecule has 2 aromatic heterocycles. The summed E-state index contributed by atoms with van der Waals surface area (Å²) in [4.78, 5) is 39.2. The largest absolute Gasteiger partial charge is 0.497 e. The molecule has 9 nitrogen and oxygen atoms in total. The van der Waals surface area contributed by atoms with Crippen molar-refractivity contribution in [1.82, 2.24) is 19.5 Å². The molecule has 0 saturated heterocycles. The van der Waals surface area contributed by atoms with Gasteiger partial charge in [0.2, 0.25) is 0 Å². The molecular weight excluding hydrogens is 448 g/mol. The molecule has 1 N–H and O–H groups in total. The Morgan fingerprint density at radius 3 is 2.43 bits per heavy atom. The second kappa shape index (κ2) is 11.2. The van der Waals surface area contributed by atoms with E-state index in [2.05, 4.69) is 10.4 Å². The number of amides is 1. The van der Waals surface area contributed by atoms with Crippen molar-refractivity contribution in [2.75, 3.05) is 13.7 Å². The van der Waals surface area contributed by atoms with Crippen molar-refractivity contribution in [3.05, 3.63) is 63.8 Å². The minimum absolute atomic E-state index is 0.0255. The number of nitrogens with zero attached hydrogens (tertiary/aromatic N) is 3. The molecule has 0 spiro atoms. The van der Waals surface area contributed by atoms with Gasteiger partial charge in [-0.15, -0.1) is 0 Å². The molecule has 0 radical (unpaired) electrons. The number of carbonyl (C=O) groups is 2. The molecule has 1 amide bonds. The van der Waals surface area contributed by atoms with Crippen LogP contribution in [-0.4, -0.2) is 45.8 Å². The Hall–Kier alpha value is -3.62. The summed E-state index contributed by atoms with van der Waals surface area (Å²) in [7, 11) is 1.59. The van der Waals surface area contributed by atoms with Gasteiger partial charge in [-0.3, -0.25) is 14.2 Å². The highest BCUT2D eigenvalue weighted by Gasteiger charge is 2.22. The van der Waals surface area contributed by atoms with Gasteiger partial charge in [-0.05, 0) is 37.5 Å². The highest BCUT2D eigenvalue weighted by molar-refractivity contribution is 5.93. The van der Waals surface area contributed by atoms with E-state index in [9.17, 15) is 14.4 Å². The number of hydrogen-bond donors (Lipinski definition) is 1. The molecule has 1 saturated carbocycles. The van der Waals surface area contributed by atoms with E-state index < -0.39 is 11.5 Å². The van der Waals surface area contributed by atoms with Gasteiger partial charge in [0, 0.05) is 12.1 Å². The lowest BCUT2D eigenvalue weighted by atomic mass is 9.96. The number of carbonyl (C=O) groups excluding carboxylic acids is 2. The molecule has 2 heterocycles. The molecule has 1 aliphatic carbocycles. The van der Waals surface area contributed by atoms with Gasteiger partial charge in [0.25, 0.3) is 11.5 Å². The maximum atomic E-state index is 13.5. The van der Waals surface area contributed by atoms with Gasteiger partial charge in [-0.25, -0.2) is 9.31 Å². The predicted octanol–water partition coefficient (Wildman–Crippen LogP) is 3.57. The quantitative estimate of drug-likeness (QED) is 0.519. The first-order chi connectivity index (χ1) is 17.0. The standard InChI is InChI=1S/C26H32N4O5/c1-3-35-26(33)21-15-22-25(32)29(16-18-11-13-20(34-2)14-12-18)23(17-30(22)28-21)24(31)27-19-9-7-5-4-6-8-10-19/h11-15,17,19H,3-10,16H2,1-2H3,(H,27,31). The van der Waals surface area contributed by atoms with Crippen LogP contribution in [-0.2, 0) is 11.3 Å². The second-order valence-corrected chi connectivity index (χ2v) is 8.85. The van der Waals surface area contributed by atoms with Gasteiger partial charge >= 0.3 is 5.97 Å². The molecule has 0 unspecified atom stereocenters. The third-order valence-corrected chi connectivity index (χ3v) is 6.39. The van der Waals surface area contributed by atoms with Crippen molar-refractivity contribution in [2.24, 2.45) is 0 Å². The number of benzene rings is 1. The van der Waals surface area contributed by atoms with Crippen molar-refractivity contribution >= 4 is 17.4 Å². The molecule has 9 heteroatoms. The summed E-state index contributed by atoms with van der Waals surface area (Å²) < 4.78 is 13.0. The number of esters is 1. The van der Waals surface area contributed by atoms with Crippen molar-refractivity contribution in [3.8, 4) is 5.75 Å². The SMILES string of the molecule is CCOC(=O)c1cc2c(=O)n(Cc3ccc(OC)cc3)c(C(=O)NC3CCCCCCC3)cn2n1. The normalized spacial score (nSPS) is 14.8. The third kappa shape index (κ3) is 5.72. The van der Waals surface area contributed by atoms with E-state index in [1.165, 1.54) is 40.6 Å². The molecule has 35 heavy (non-hydrogen) atoms. The molecular formula is C26H32N4O5. The predicted molar refractivity (Wildman–Crippen MR) is 131 cm³/mol. The van der Waals surface area contributed by atoms with E-state index in [-0.39, 0.29) is 42.0 Å². The molecule has 0 bridgehead atoms. The smallest absolute Gasteiger partial charge is 0.358 e. The molecule has 0 aliphatic heterocycles. The van der Waals surface area contributed by atoms with Crippen LogP contribution >= 0.6 is 0 Å². The fourth-order valence-electron chi connectivity index (χ4n) is 4.50. The van der Waals surface area contributed by atoms with Gasteiger partial charge in [-0.2, -0.15) is 5.10 Å². The summed E-state index contributed by atoms with van der Waals surface area (Å²) in [5, 5.41) is 7.35. The number of rotatable bonds is 7. The van der Waals surface area contributed by atoms with Gasteiger partial charge in [0.1, 0.15) is 17.0 Å². The first-order valence-corrected chi connectivity index (χ1v) is 12.2. The average Bonchev–Trinajstić information content (AvgIpc) is 3.28. The highest BCUT2D eigenvalue weighted by atomic mass is 16.5. The molecule has 186 valence electrons. The van der Waals surface area contributed by atoms with E-state index in [0.29, 0.717) is 5.75 Å². The van der Waals surface area contributed by atoms with Crippen LogP contribution in [0.1, 0.15) is 78.4 Å². The first kappa shape index (κ1) is 24.5. The lowest BCUT2D eigenvalue weighted by Gasteiger charge is -2.22. The Morgan fingerprint density at radius 2 is 1.77 bits per heavy atom. The molecule has 1 aromatic carbocycles. The fraction of sp³-hybridized carbons (Fsp3) is 0.462.